The van der Waals surface area contributed by atoms with E-state index in [1.165, 1.54) is 4.90 Å². The summed E-state index contributed by atoms with van der Waals surface area (Å²) in [6.07, 6.45) is 0.846. The largest absolute Gasteiger partial charge is 0.507 e. The van der Waals surface area contributed by atoms with E-state index in [0.29, 0.717) is 48.1 Å². The molecule has 1 aliphatic heterocycles. The number of amides is 1. The highest BCUT2D eigenvalue weighted by atomic mass is 16.5. The number of nitrogens with zero attached hydrogens (tertiary/aromatic N) is 2. The molecule has 1 aliphatic rings. The van der Waals surface area contributed by atoms with Crippen molar-refractivity contribution in [1.29, 1.82) is 0 Å². The van der Waals surface area contributed by atoms with Gasteiger partial charge in [0.25, 0.3) is 11.7 Å². The van der Waals surface area contributed by atoms with Crippen LogP contribution in [0.15, 0.2) is 48.0 Å². The van der Waals surface area contributed by atoms with Crippen LogP contribution < -0.4 is 14.2 Å². The molecule has 0 saturated carbocycles. The number of hydrogen-bond acceptors (Lipinski definition) is 7. The first kappa shape index (κ1) is 27.1. The number of carbonyl (C=O) groups excluding carboxylic acids is 2. The van der Waals surface area contributed by atoms with Crippen molar-refractivity contribution >= 4 is 17.4 Å². The Hall–Kier alpha value is -3.52. The van der Waals surface area contributed by atoms with Gasteiger partial charge in [0.2, 0.25) is 0 Å². The van der Waals surface area contributed by atoms with Crippen molar-refractivity contribution in [3.8, 4) is 17.2 Å². The number of aliphatic hydroxyl groups excluding tert-OH is 1. The summed E-state index contributed by atoms with van der Waals surface area (Å²) in [4.78, 5) is 30.2. The van der Waals surface area contributed by atoms with Gasteiger partial charge in [-0.25, -0.2) is 0 Å². The van der Waals surface area contributed by atoms with Crippen molar-refractivity contribution in [2.24, 2.45) is 0 Å². The molecule has 3 rings (SSSR count). The zero-order valence-corrected chi connectivity index (χ0v) is 21.7. The number of likely N-dealkylation sites (tertiary alicyclic amines) is 1. The molecule has 1 atom stereocenters. The number of methoxy groups -OCH3 is 2. The number of carbonyl (C=O) groups is 2. The average molecular weight is 497 g/mol. The summed E-state index contributed by atoms with van der Waals surface area (Å²) in [7, 11) is 3.10. The quantitative estimate of drug-likeness (QED) is 0.267. The molecule has 1 fully saturated rings. The van der Waals surface area contributed by atoms with Gasteiger partial charge in [0.15, 0.2) is 11.5 Å². The number of likely N-dealkylation sites (N-methyl/N-ethyl adjacent to an activating group) is 1. The molecule has 194 valence electrons. The van der Waals surface area contributed by atoms with Gasteiger partial charge in [0.05, 0.1) is 32.4 Å². The highest BCUT2D eigenvalue weighted by Gasteiger charge is 2.46. The van der Waals surface area contributed by atoms with Gasteiger partial charge in [0.1, 0.15) is 11.5 Å². The van der Waals surface area contributed by atoms with E-state index in [2.05, 4.69) is 18.7 Å². The Kier molecular flexibility index (Phi) is 9.36. The van der Waals surface area contributed by atoms with E-state index in [-0.39, 0.29) is 11.3 Å². The molecule has 8 heteroatoms. The lowest BCUT2D eigenvalue weighted by Gasteiger charge is -2.28. The standard InChI is InChI=1S/C28H36N2O6/c1-6-17-36-22-14-11-20(18-23(22)35-5)25-24(26(31)19-9-12-21(34-4)13-10-19)27(32)28(33)30(25)16-15-29(7-2)8-3/h9-14,18,25,31H,6-8,15-17H2,1-5H3/b26-24-. The molecule has 0 spiro atoms. The number of benzene rings is 2. The Bertz CT molecular complexity index is 1090. The summed E-state index contributed by atoms with van der Waals surface area (Å²) in [6.45, 7) is 9.26. The summed E-state index contributed by atoms with van der Waals surface area (Å²) >= 11 is 0. The molecule has 36 heavy (non-hydrogen) atoms. The van der Waals surface area contributed by atoms with Crippen molar-refractivity contribution < 1.29 is 28.9 Å². The summed E-state index contributed by atoms with van der Waals surface area (Å²) in [5, 5.41) is 11.3. The van der Waals surface area contributed by atoms with E-state index in [1.54, 1.807) is 50.6 Å². The van der Waals surface area contributed by atoms with Gasteiger partial charge in [-0.1, -0.05) is 26.8 Å². The number of aliphatic hydroxyl groups is 1. The second kappa shape index (κ2) is 12.4. The van der Waals surface area contributed by atoms with E-state index >= 15 is 0 Å². The third-order valence-electron chi connectivity index (χ3n) is 6.42. The molecule has 1 amide bonds. The summed E-state index contributed by atoms with van der Waals surface area (Å²) < 4.78 is 16.5. The third kappa shape index (κ3) is 5.65. The van der Waals surface area contributed by atoms with Gasteiger partial charge in [-0.3, -0.25) is 9.59 Å². The van der Waals surface area contributed by atoms with E-state index in [1.807, 2.05) is 13.0 Å². The molecule has 2 aromatic rings. The van der Waals surface area contributed by atoms with E-state index in [4.69, 9.17) is 14.2 Å². The van der Waals surface area contributed by atoms with Crippen LogP contribution in [-0.2, 0) is 9.59 Å². The van der Waals surface area contributed by atoms with E-state index in [9.17, 15) is 14.7 Å². The first-order valence-corrected chi connectivity index (χ1v) is 12.4. The zero-order chi connectivity index (χ0) is 26.2. The summed E-state index contributed by atoms with van der Waals surface area (Å²) in [6, 6.07) is 11.3. The summed E-state index contributed by atoms with van der Waals surface area (Å²) in [5.41, 5.74) is 1.14. The fourth-order valence-corrected chi connectivity index (χ4v) is 4.34. The first-order valence-electron chi connectivity index (χ1n) is 12.4. The topological polar surface area (TPSA) is 88.5 Å². The molecular weight excluding hydrogens is 460 g/mol. The minimum atomic E-state index is -0.767. The average Bonchev–Trinajstić information content (AvgIpc) is 3.17. The molecule has 0 radical (unpaired) electrons. The number of hydrogen-bond donors (Lipinski definition) is 1. The molecule has 0 aliphatic carbocycles. The molecular formula is C28H36N2O6. The minimum Gasteiger partial charge on any atom is -0.507 e. The van der Waals surface area contributed by atoms with Crippen molar-refractivity contribution in [1.82, 2.24) is 9.80 Å². The first-order chi connectivity index (χ1) is 17.4. The van der Waals surface area contributed by atoms with Gasteiger partial charge < -0.3 is 29.1 Å². The summed E-state index contributed by atoms with van der Waals surface area (Å²) in [5.74, 6) is 0.135. The van der Waals surface area contributed by atoms with Crippen LogP contribution in [0.5, 0.6) is 17.2 Å². The lowest BCUT2D eigenvalue weighted by Crippen LogP contribution is -2.38. The normalized spacial score (nSPS) is 17.1. The van der Waals surface area contributed by atoms with Gasteiger partial charge in [0, 0.05) is 18.7 Å². The van der Waals surface area contributed by atoms with Crippen LogP contribution >= 0.6 is 0 Å². The predicted octanol–water partition coefficient (Wildman–Crippen LogP) is 4.26. The number of rotatable bonds is 12. The Morgan fingerprint density at radius 1 is 0.972 bits per heavy atom. The minimum absolute atomic E-state index is 0.0500. The van der Waals surface area contributed by atoms with Gasteiger partial charge >= 0.3 is 0 Å². The number of Topliss-reactive ketones (excluding diaryl/α,β-unsaturated/α-hetero) is 1. The molecule has 0 aromatic heterocycles. The maximum absolute atomic E-state index is 13.3. The van der Waals surface area contributed by atoms with Crippen LogP contribution in [0.3, 0.4) is 0 Å². The second-order valence-electron chi connectivity index (χ2n) is 8.51. The Labute approximate surface area is 213 Å². The smallest absolute Gasteiger partial charge is 0.295 e. The monoisotopic (exact) mass is 496 g/mol. The van der Waals surface area contributed by atoms with Crippen LogP contribution in [0.2, 0.25) is 0 Å². The molecule has 1 unspecified atom stereocenters. The second-order valence-corrected chi connectivity index (χ2v) is 8.51. The van der Waals surface area contributed by atoms with Crippen LogP contribution in [0, 0.1) is 0 Å². The molecule has 1 saturated heterocycles. The van der Waals surface area contributed by atoms with Crippen LogP contribution in [-0.4, -0.2) is 73.6 Å². The number of ether oxygens (including phenoxy) is 3. The Morgan fingerprint density at radius 3 is 2.25 bits per heavy atom. The van der Waals surface area contributed by atoms with Gasteiger partial charge in [-0.05, 0) is 61.5 Å². The molecule has 1 heterocycles. The highest BCUT2D eigenvalue weighted by Crippen LogP contribution is 2.42. The predicted molar refractivity (Wildman–Crippen MR) is 139 cm³/mol. The van der Waals surface area contributed by atoms with Crippen LogP contribution in [0.1, 0.15) is 44.4 Å². The number of ketones is 1. The third-order valence-corrected chi connectivity index (χ3v) is 6.42. The van der Waals surface area contributed by atoms with Crippen molar-refractivity contribution in [2.45, 2.75) is 33.2 Å². The van der Waals surface area contributed by atoms with Gasteiger partial charge in [-0.15, -0.1) is 0 Å². The fourth-order valence-electron chi connectivity index (χ4n) is 4.34. The Balaban J connectivity index is 2.12. The SMILES string of the molecule is CCCOc1ccc(C2/C(=C(/O)c3ccc(OC)cc3)C(=O)C(=O)N2CCN(CC)CC)cc1OC. The molecule has 2 aromatic carbocycles. The van der Waals surface area contributed by atoms with Crippen LogP contribution in [0.25, 0.3) is 5.76 Å². The highest BCUT2D eigenvalue weighted by molar-refractivity contribution is 6.46. The van der Waals surface area contributed by atoms with Crippen molar-refractivity contribution in [2.75, 3.05) is 47.0 Å². The maximum atomic E-state index is 13.3. The van der Waals surface area contributed by atoms with E-state index < -0.39 is 17.7 Å². The van der Waals surface area contributed by atoms with E-state index in [0.717, 1.165) is 19.5 Å². The zero-order valence-electron chi connectivity index (χ0n) is 21.7. The van der Waals surface area contributed by atoms with Gasteiger partial charge in [-0.2, -0.15) is 0 Å². The molecule has 0 bridgehead atoms. The lowest BCUT2D eigenvalue weighted by molar-refractivity contribution is -0.140. The molecule has 8 nitrogen and oxygen atoms in total. The lowest BCUT2D eigenvalue weighted by atomic mass is 9.95. The van der Waals surface area contributed by atoms with Crippen molar-refractivity contribution in [3.05, 3.63) is 59.2 Å². The molecule has 1 N–H and O–H groups in total. The maximum Gasteiger partial charge on any atom is 0.295 e. The fraction of sp³-hybridized carbons (Fsp3) is 0.429. The Morgan fingerprint density at radius 2 is 1.67 bits per heavy atom. The van der Waals surface area contributed by atoms with Crippen molar-refractivity contribution in [3.63, 3.8) is 0 Å². The van der Waals surface area contributed by atoms with Crippen LogP contribution in [0.4, 0.5) is 0 Å².